The summed E-state index contributed by atoms with van der Waals surface area (Å²) < 4.78 is 0. The van der Waals surface area contributed by atoms with Gasteiger partial charge in [0.15, 0.2) is 5.13 Å². The number of nitrogens with one attached hydrogen (secondary N) is 2. The summed E-state index contributed by atoms with van der Waals surface area (Å²) in [7, 11) is 0. The Bertz CT molecular complexity index is 627. The molecule has 0 fully saturated rings. The molecular formula is C14H15N3O3S. The quantitative estimate of drug-likeness (QED) is 0.791. The van der Waals surface area contributed by atoms with Crippen LogP contribution >= 0.6 is 11.3 Å². The number of aromatic nitrogens is 1. The van der Waals surface area contributed by atoms with E-state index >= 15 is 0 Å². The molecule has 0 radical (unpaired) electrons. The molecule has 3 N–H and O–H groups in total. The second-order valence-corrected chi connectivity index (χ2v) is 5.65. The summed E-state index contributed by atoms with van der Waals surface area (Å²) >= 11 is 1.35. The first-order valence-corrected chi connectivity index (χ1v) is 7.13. The molecule has 21 heavy (non-hydrogen) atoms. The van der Waals surface area contributed by atoms with Crippen LogP contribution in [0.4, 0.5) is 9.93 Å². The molecule has 2 rings (SSSR count). The largest absolute Gasteiger partial charge is 0.481 e. The molecule has 2 aromatic rings. The molecule has 7 heteroatoms. The summed E-state index contributed by atoms with van der Waals surface area (Å²) in [6.07, 6.45) is 1.66. The van der Waals surface area contributed by atoms with Crippen LogP contribution in [0.2, 0.25) is 0 Å². The lowest BCUT2D eigenvalue weighted by molar-refractivity contribution is -0.138. The van der Waals surface area contributed by atoms with E-state index in [1.165, 1.54) is 11.3 Å². The van der Waals surface area contributed by atoms with E-state index in [9.17, 15) is 14.7 Å². The van der Waals surface area contributed by atoms with Crippen LogP contribution < -0.4 is 10.6 Å². The molecule has 0 spiro atoms. The van der Waals surface area contributed by atoms with Gasteiger partial charge < -0.3 is 10.4 Å². The number of hydrogen-bond donors (Lipinski definition) is 3. The van der Waals surface area contributed by atoms with Gasteiger partial charge in [-0.15, -0.1) is 11.3 Å². The number of aliphatic carboxylic acids is 1. The van der Waals surface area contributed by atoms with Gasteiger partial charge in [-0.1, -0.05) is 30.3 Å². The third kappa shape index (κ3) is 4.28. The molecular weight excluding hydrogens is 290 g/mol. The first-order valence-electron chi connectivity index (χ1n) is 6.31. The number of carboxylic acid groups (broad SMARTS) is 1. The van der Waals surface area contributed by atoms with Crippen molar-refractivity contribution in [2.24, 2.45) is 0 Å². The molecule has 1 aromatic heterocycles. The lowest BCUT2D eigenvalue weighted by Crippen LogP contribution is -2.34. The predicted molar refractivity (Wildman–Crippen MR) is 80.7 cm³/mol. The normalized spacial score (nSPS) is 11.7. The first kappa shape index (κ1) is 15.0. The summed E-state index contributed by atoms with van der Waals surface area (Å²) in [6, 6.07) is 8.33. The Hall–Kier alpha value is -2.41. The number of anilines is 1. The van der Waals surface area contributed by atoms with Crippen LogP contribution in [0, 0.1) is 6.92 Å². The average Bonchev–Trinajstić information content (AvgIpc) is 2.85. The molecule has 1 unspecified atom stereocenters. The highest BCUT2D eigenvalue weighted by Crippen LogP contribution is 2.17. The summed E-state index contributed by atoms with van der Waals surface area (Å²) in [4.78, 5) is 28.0. The second kappa shape index (κ2) is 6.85. The smallest absolute Gasteiger partial charge is 0.321 e. The van der Waals surface area contributed by atoms with E-state index in [1.807, 2.05) is 13.0 Å². The van der Waals surface area contributed by atoms with Crippen LogP contribution in [0.5, 0.6) is 0 Å². The maximum Gasteiger partial charge on any atom is 0.321 e. The number of aryl methyl sites for hydroxylation is 1. The number of carbonyl (C=O) groups is 2. The van der Waals surface area contributed by atoms with Crippen LogP contribution in [0.1, 0.15) is 16.4 Å². The number of rotatable bonds is 5. The summed E-state index contributed by atoms with van der Waals surface area (Å²) in [5, 5.41) is 14.9. The maximum atomic E-state index is 11.7. The van der Waals surface area contributed by atoms with Gasteiger partial charge in [0.1, 0.15) is 0 Å². The fraction of sp³-hybridized carbons (Fsp3) is 0.214. The highest BCUT2D eigenvalue weighted by atomic mass is 32.1. The number of carboxylic acids is 1. The molecule has 0 bridgehead atoms. The number of amides is 2. The molecule has 0 saturated carbocycles. The Kier molecular flexibility index (Phi) is 4.89. The monoisotopic (exact) mass is 305 g/mol. The lowest BCUT2D eigenvalue weighted by Gasteiger charge is -2.13. The van der Waals surface area contributed by atoms with Crippen LogP contribution in [0.3, 0.4) is 0 Å². The van der Waals surface area contributed by atoms with E-state index in [0.29, 0.717) is 10.7 Å². The number of carbonyl (C=O) groups excluding carboxylic acids is 1. The van der Waals surface area contributed by atoms with Crippen LogP contribution in [0.25, 0.3) is 0 Å². The molecule has 1 heterocycles. The van der Waals surface area contributed by atoms with Crippen molar-refractivity contribution in [2.45, 2.75) is 12.8 Å². The van der Waals surface area contributed by atoms with Gasteiger partial charge in [-0.3, -0.25) is 10.1 Å². The van der Waals surface area contributed by atoms with Crippen molar-refractivity contribution in [3.63, 3.8) is 0 Å². The van der Waals surface area contributed by atoms with Crippen LogP contribution in [-0.2, 0) is 4.79 Å². The van der Waals surface area contributed by atoms with Gasteiger partial charge in [0, 0.05) is 17.6 Å². The Morgan fingerprint density at radius 1 is 1.33 bits per heavy atom. The second-order valence-electron chi connectivity index (χ2n) is 4.41. The van der Waals surface area contributed by atoms with E-state index in [-0.39, 0.29) is 6.54 Å². The highest BCUT2D eigenvalue weighted by molar-refractivity contribution is 7.15. The lowest BCUT2D eigenvalue weighted by atomic mass is 9.99. The predicted octanol–water partition coefficient (Wildman–Crippen LogP) is 2.44. The number of hydrogen-bond acceptors (Lipinski definition) is 4. The van der Waals surface area contributed by atoms with E-state index in [4.69, 9.17) is 0 Å². The van der Waals surface area contributed by atoms with Crippen LogP contribution in [0.15, 0.2) is 36.5 Å². The van der Waals surface area contributed by atoms with E-state index in [2.05, 4.69) is 15.6 Å². The minimum Gasteiger partial charge on any atom is -0.481 e. The topological polar surface area (TPSA) is 91.3 Å². The molecule has 1 atom stereocenters. The average molecular weight is 305 g/mol. The standard InChI is InChI=1S/C14H15N3O3S/c1-9-7-16-14(21-9)17-13(20)15-8-11(12(18)19)10-5-3-2-4-6-10/h2-7,11H,8H2,1H3,(H,18,19)(H2,15,16,17,20). The molecule has 0 aliphatic heterocycles. The van der Waals surface area contributed by atoms with E-state index < -0.39 is 17.9 Å². The van der Waals surface area contributed by atoms with Crippen molar-refractivity contribution in [1.29, 1.82) is 0 Å². The van der Waals surface area contributed by atoms with Crippen molar-refractivity contribution in [2.75, 3.05) is 11.9 Å². The number of thiazole rings is 1. The maximum absolute atomic E-state index is 11.7. The van der Waals surface area contributed by atoms with Crippen LogP contribution in [-0.4, -0.2) is 28.6 Å². The molecule has 1 aromatic carbocycles. The molecule has 6 nitrogen and oxygen atoms in total. The number of nitrogens with zero attached hydrogens (tertiary/aromatic N) is 1. The summed E-state index contributed by atoms with van der Waals surface area (Å²) in [5.41, 5.74) is 0.649. The van der Waals surface area contributed by atoms with E-state index in [0.717, 1.165) is 4.88 Å². The number of benzene rings is 1. The molecule has 0 saturated heterocycles. The zero-order valence-electron chi connectivity index (χ0n) is 11.4. The van der Waals surface area contributed by atoms with Gasteiger partial charge in [-0.25, -0.2) is 9.78 Å². The van der Waals surface area contributed by atoms with Gasteiger partial charge >= 0.3 is 12.0 Å². The fourth-order valence-electron chi connectivity index (χ4n) is 1.78. The van der Waals surface area contributed by atoms with Gasteiger partial charge in [0.2, 0.25) is 0 Å². The first-order chi connectivity index (χ1) is 10.1. The van der Waals surface area contributed by atoms with Gasteiger partial charge in [0.25, 0.3) is 0 Å². The van der Waals surface area contributed by atoms with Gasteiger partial charge in [0.05, 0.1) is 5.92 Å². The number of urea groups is 1. The van der Waals surface area contributed by atoms with Crippen molar-refractivity contribution in [3.8, 4) is 0 Å². The summed E-state index contributed by atoms with van der Waals surface area (Å²) in [6.45, 7) is 1.89. The van der Waals surface area contributed by atoms with Crippen molar-refractivity contribution in [3.05, 3.63) is 47.0 Å². The molecule has 110 valence electrons. The molecule has 2 amide bonds. The third-order valence-electron chi connectivity index (χ3n) is 2.81. The van der Waals surface area contributed by atoms with Gasteiger partial charge in [-0.2, -0.15) is 0 Å². The minimum absolute atomic E-state index is 0.00946. The summed E-state index contributed by atoms with van der Waals surface area (Å²) in [5.74, 6) is -1.76. The zero-order valence-corrected chi connectivity index (χ0v) is 12.2. The Labute approximate surface area is 125 Å². The molecule has 0 aliphatic carbocycles. The Morgan fingerprint density at radius 3 is 2.62 bits per heavy atom. The van der Waals surface area contributed by atoms with Crippen molar-refractivity contribution in [1.82, 2.24) is 10.3 Å². The SMILES string of the molecule is Cc1cnc(NC(=O)NCC(C(=O)O)c2ccccc2)s1. The minimum atomic E-state index is -0.980. The van der Waals surface area contributed by atoms with Crippen molar-refractivity contribution >= 4 is 28.5 Å². The van der Waals surface area contributed by atoms with Crippen molar-refractivity contribution < 1.29 is 14.7 Å². The zero-order chi connectivity index (χ0) is 15.2. The van der Waals surface area contributed by atoms with Gasteiger partial charge in [-0.05, 0) is 12.5 Å². The Balaban J connectivity index is 1.93. The highest BCUT2D eigenvalue weighted by Gasteiger charge is 2.20. The molecule has 0 aliphatic rings. The fourth-order valence-corrected chi connectivity index (χ4v) is 2.44. The Morgan fingerprint density at radius 2 is 2.05 bits per heavy atom. The third-order valence-corrected chi connectivity index (χ3v) is 3.64. The van der Waals surface area contributed by atoms with E-state index in [1.54, 1.807) is 30.5 Å².